The van der Waals surface area contributed by atoms with Crippen molar-refractivity contribution in [2.45, 2.75) is 31.4 Å². The van der Waals surface area contributed by atoms with E-state index in [2.05, 4.69) is 15.5 Å². The minimum atomic E-state index is -0.969. The lowest BCUT2D eigenvalue weighted by Crippen LogP contribution is -2.43. The average molecular weight is 339 g/mol. The molecule has 3 atom stereocenters. The molecule has 4 N–H and O–H groups in total. The zero-order valence-electron chi connectivity index (χ0n) is 13.7. The molecule has 0 saturated carbocycles. The first-order valence-corrected chi connectivity index (χ1v) is 7.76. The summed E-state index contributed by atoms with van der Waals surface area (Å²) in [6.07, 6.45) is 0.694. The summed E-state index contributed by atoms with van der Waals surface area (Å²) in [5.74, 6) is -1.67. The van der Waals surface area contributed by atoms with Crippen LogP contribution in [-0.4, -0.2) is 44.2 Å². The van der Waals surface area contributed by atoms with E-state index in [4.69, 9.17) is 10.6 Å². The molecule has 1 aliphatic heterocycles. The molecule has 24 heavy (non-hydrogen) atoms. The third-order valence-electron chi connectivity index (χ3n) is 3.99. The Balaban J connectivity index is 2.10. The van der Waals surface area contributed by atoms with Crippen molar-refractivity contribution in [2.75, 3.05) is 20.2 Å². The Morgan fingerprint density at radius 3 is 2.92 bits per heavy atom. The van der Waals surface area contributed by atoms with Crippen molar-refractivity contribution in [3.8, 4) is 0 Å². The lowest BCUT2D eigenvalue weighted by atomic mass is 9.91. The van der Waals surface area contributed by atoms with Gasteiger partial charge in [-0.15, -0.1) is 0 Å². The topological polar surface area (TPSA) is 103 Å². The maximum atomic E-state index is 13.9. The number of amides is 1. The number of nitrogens with two attached hydrogens (primary N) is 1. The Bertz CT molecular complexity index is 611. The Morgan fingerprint density at radius 1 is 1.50 bits per heavy atom. The fourth-order valence-corrected chi connectivity index (χ4v) is 2.66. The van der Waals surface area contributed by atoms with Gasteiger partial charge in [0.05, 0.1) is 13.2 Å². The van der Waals surface area contributed by atoms with E-state index in [1.54, 1.807) is 6.07 Å². The second-order valence-electron chi connectivity index (χ2n) is 5.63. The fourth-order valence-electron chi connectivity index (χ4n) is 2.66. The van der Waals surface area contributed by atoms with E-state index in [1.807, 2.05) is 6.92 Å². The summed E-state index contributed by atoms with van der Waals surface area (Å²) in [7, 11) is 1.21. The SMILES string of the molecule is CCC1ONCC1c1cc(F)cc(C(=O)NC[C@@H](N)C(=O)OC)c1. The van der Waals surface area contributed by atoms with E-state index in [0.717, 1.165) is 12.5 Å². The second-order valence-corrected chi connectivity index (χ2v) is 5.63. The highest BCUT2D eigenvalue weighted by molar-refractivity contribution is 5.94. The number of benzene rings is 1. The molecule has 1 aromatic rings. The van der Waals surface area contributed by atoms with Crippen LogP contribution in [0.1, 0.15) is 35.2 Å². The minimum absolute atomic E-state index is 0.0328. The average Bonchev–Trinajstić information content (AvgIpc) is 3.06. The zero-order valence-corrected chi connectivity index (χ0v) is 13.7. The molecular weight excluding hydrogens is 317 g/mol. The first-order chi connectivity index (χ1) is 11.5. The molecule has 0 aliphatic carbocycles. The van der Waals surface area contributed by atoms with E-state index in [-0.39, 0.29) is 24.1 Å². The van der Waals surface area contributed by atoms with Crippen molar-refractivity contribution in [3.05, 3.63) is 35.1 Å². The van der Waals surface area contributed by atoms with Crippen molar-refractivity contribution in [1.82, 2.24) is 10.8 Å². The Morgan fingerprint density at radius 2 is 2.25 bits per heavy atom. The third-order valence-corrected chi connectivity index (χ3v) is 3.99. The molecule has 0 radical (unpaired) electrons. The molecule has 0 bridgehead atoms. The molecule has 2 rings (SSSR count). The van der Waals surface area contributed by atoms with Crippen LogP contribution in [0, 0.1) is 5.82 Å². The number of nitrogens with one attached hydrogen (secondary N) is 2. The number of methoxy groups -OCH3 is 1. The molecule has 2 unspecified atom stereocenters. The molecular formula is C16H22FN3O4. The standard InChI is InChI=1S/C16H22FN3O4/c1-3-14-12(7-20-24-14)9-4-10(6-11(17)5-9)15(21)19-8-13(18)16(22)23-2/h4-6,12-14,20H,3,7-8,18H2,1-2H3,(H,19,21)/t12?,13-,14?/m1/s1. The van der Waals surface area contributed by atoms with Gasteiger partial charge in [-0.2, -0.15) is 0 Å². The largest absolute Gasteiger partial charge is 0.468 e. The molecule has 1 amide bonds. The summed E-state index contributed by atoms with van der Waals surface area (Å²) in [6, 6.07) is 3.21. The molecule has 1 aromatic carbocycles. The molecule has 132 valence electrons. The first-order valence-electron chi connectivity index (χ1n) is 7.76. The van der Waals surface area contributed by atoms with Crippen molar-refractivity contribution < 1.29 is 23.6 Å². The second kappa shape index (κ2) is 8.18. The van der Waals surface area contributed by atoms with Crippen molar-refractivity contribution in [1.29, 1.82) is 0 Å². The van der Waals surface area contributed by atoms with Crippen LogP contribution in [0.15, 0.2) is 18.2 Å². The number of esters is 1. The lowest BCUT2D eigenvalue weighted by Gasteiger charge is -2.17. The van der Waals surface area contributed by atoms with Gasteiger partial charge in [0, 0.05) is 24.6 Å². The van der Waals surface area contributed by atoms with Gasteiger partial charge in [0.25, 0.3) is 5.91 Å². The molecule has 0 spiro atoms. The van der Waals surface area contributed by atoms with Crippen LogP contribution in [0.25, 0.3) is 0 Å². The normalized spacial score (nSPS) is 21.3. The van der Waals surface area contributed by atoms with Gasteiger partial charge in [-0.1, -0.05) is 6.92 Å². The molecule has 1 saturated heterocycles. The third kappa shape index (κ3) is 4.28. The van der Waals surface area contributed by atoms with Gasteiger partial charge in [-0.25, -0.2) is 9.87 Å². The molecule has 8 heteroatoms. The van der Waals surface area contributed by atoms with Crippen molar-refractivity contribution >= 4 is 11.9 Å². The van der Waals surface area contributed by atoms with Crippen molar-refractivity contribution in [2.24, 2.45) is 5.73 Å². The Hall–Kier alpha value is -2.03. The highest BCUT2D eigenvalue weighted by atomic mass is 19.1. The molecule has 1 fully saturated rings. The Labute approximate surface area is 139 Å². The van der Waals surface area contributed by atoms with Gasteiger partial charge in [-0.3, -0.25) is 14.4 Å². The monoisotopic (exact) mass is 339 g/mol. The minimum Gasteiger partial charge on any atom is -0.468 e. The fraction of sp³-hybridized carbons (Fsp3) is 0.500. The maximum Gasteiger partial charge on any atom is 0.324 e. The van der Waals surface area contributed by atoms with Crippen LogP contribution >= 0.6 is 0 Å². The number of hydroxylamine groups is 1. The summed E-state index contributed by atoms with van der Waals surface area (Å²) in [5, 5.41) is 2.51. The van der Waals surface area contributed by atoms with Gasteiger partial charge < -0.3 is 15.8 Å². The van der Waals surface area contributed by atoms with Crippen LogP contribution in [-0.2, 0) is 14.4 Å². The number of carbonyl (C=O) groups is 2. The highest BCUT2D eigenvalue weighted by Gasteiger charge is 2.29. The zero-order chi connectivity index (χ0) is 17.7. The molecule has 7 nitrogen and oxygen atoms in total. The van der Waals surface area contributed by atoms with E-state index >= 15 is 0 Å². The van der Waals surface area contributed by atoms with Crippen molar-refractivity contribution in [3.63, 3.8) is 0 Å². The predicted octanol–water partition coefficient (Wildman–Crippen LogP) is 0.453. The number of hydrogen-bond donors (Lipinski definition) is 3. The van der Waals surface area contributed by atoms with Gasteiger partial charge >= 0.3 is 5.97 Å². The number of rotatable bonds is 6. The predicted molar refractivity (Wildman–Crippen MR) is 84.6 cm³/mol. The molecule has 0 aromatic heterocycles. The highest BCUT2D eigenvalue weighted by Crippen LogP contribution is 2.28. The number of carbonyl (C=O) groups excluding carboxylic acids is 2. The molecule has 1 aliphatic rings. The van der Waals surface area contributed by atoms with E-state index in [0.29, 0.717) is 12.1 Å². The van der Waals surface area contributed by atoms with Crippen LogP contribution in [0.3, 0.4) is 0 Å². The van der Waals surface area contributed by atoms with Gasteiger partial charge in [-0.05, 0) is 30.2 Å². The van der Waals surface area contributed by atoms with Crippen LogP contribution < -0.4 is 16.5 Å². The lowest BCUT2D eigenvalue weighted by molar-refractivity contribution is -0.141. The van der Waals surface area contributed by atoms with Crippen LogP contribution in [0.4, 0.5) is 4.39 Å². The summed E-state index contributed by atoms with van der Waals surface area (Å²) in [4.78, 5) is 28.8. The first kappa shape index (κ1) is 18.3. The van der Waals surface area contributed by atoms with E-state index in [9.17, 15) is 14.0 Å². The van der Waals surface area contributed by atoms with Crippen LogP contribution in [0.2, 0.25) is 0 Å². The summed E-state index contributed by atoms with van der Waals surface area (Å²) in [5.41, 5.74) is 9.23. The van der Waals surface area contributed by atoms with Gasteiger partial charge in [0.1, 0.15) is 11.9 Å². The summed E-state index contributed by atoms with van der Waals surface area (Å²) < 4.78 is 18.4. The number of hydrogen-bond acceptors (Lipinski definition) is 6. The van der Waals surface area contributed by atoms with Gasteiger partial charge in [0.15, 0.2) is 0 Å². The maximum absolute atomic E-state index is 13.9. The number of halogens is 1. The number of ether oxygens (including phenoxy) is 1. The quantitative estimate of drug-likeness (QED) is 0.651. The van der Waals surface area contributed by atoms with Crippen LogP contribution in [0.5, 0.6) is 0 Å². The summed E-state index contributed by atoms with van der Waals surface area (Å²) in [6.45, 7) is 2.44. The van der Waals surface area contributed by atoms with E-state index in [1.165, 1.54) is 13.2 Å². The Kier molecular flexibility index (Phi) is 6.24. The van der Waals surface area contributed by atoms with E-state index < -0.39 is 23.7 Å². The van der Waals surface area contributed by atoms with Gasteiger partial charge in [0.2, 0.25) is 0 Å². The molecule has 1 heterocycles. The smallest absolute Gasteiger partial charge is 0.324 e. The summed E-state index contributed by atoms with van der Waals surface area (Å²) >= 11 is 0.